The molecule has 3 aromatic rings. The number of carboxylic acids is 1. The van der Waals surface area contributed by atoms with Crippen LogP contribution < -0.4 is 5.73 Å². The van der Waals surface area contributed by atoms with E-state index >= 15 is 0 Å². The second kappa shape index (κ2) is 11.0. The molecule has 0 fully saturated rings. The van der Waals surface area contributed by atoms with Gasteiger partial charge in [-0.2, -0.15) is 22.7 Å². The number of fused-ring (bicyclic) bond motifs is 1. The van der Waals surface area contributed by atoms with Gasteiger partial charge in [0.05, 0.1) is 24.2 Å². The number of carboxylic acid groups (broad SMARTS) is 1. The predicted octanol–water partition coefficient (Wildman–Crippen LogP) is 3.18. The first-order valence-electron chi connectivity index (χ1n) is 9.89. The van der Waals surface area contributed by atoms with Crippen LogP contribution in [0.5, 0.6) is 0 Å². The van der Waals surface area contributed by atoms with Crippen molar-refractivity contribution in [2.75, 3.05) is 20.2 Å². The maximum absolute atomic E-state index is 12.4. The average molecular weight is 487 g/mol. The smallest absolute Gasteiger partial charge is 0.315 e. The summed E-state index contributed by atoms with van der Waals surface area (Å²) in [5.74, 6) is -3.27. The van der Waals surface area contributed by atoms with Crippen LogP contribution in [0.15, 0.2) is 57.9 Å². The van der Waals surface area contributed by atoms with E-state index in [-0.39, 0.29) is 24.9 Å². The van der Waals surface area contributed by atoms with Gasteiger partial charge in [0.2, 0.25) is 0 Å². The molecule has 3 N–H and O–H groups in total. The van der Waals surface area contributed by atoms with Crippen LogP contribution >= 0.6 is 22.7 Å². The lowest BCUT2D eigenvalue weighted by Crippen LogP contribution is -2.36. The molecule has 0 saturated carbocycles. The molecule has 172 valence electrons. The number of amides is 2. The summed E-state index contributed by atoms with van der Waals surface area (Å²) in [6.07, 6.45) is 0. The molecule has 0 aliphatic carbocycles. The number of esters is 1. The van der Waals surface area contributed by atoms with Gasteiger partial charge in [0.25, 0.3) is 11.8 Å². The number of imide groups is 1. The molecule has 0 spiro atoms. The van der Waals surface area contributed by atoms with Gasteiger partial charge >= 0.3 is 11.9 Å². The third-order valence-corrected chi connectivity index (χ3v) is 6.56. The monoisotopic (exact) mass is 486 g/mol. The van der Waals surface area contributed by atoms with Crippen LogP contribution in [-0.4, -0.2) is 54.0 Å². The standard InChI is InChI=1S/C16H13NO4S.C7H9NO2S/c1-21-16(20)13(10-6-7-22-9-10)8-17-14(18)11-4-2-3-5-12(11)15(17)19;8-3-6(7(9)10)5-1-2-11-4-5/h2-7,9,13H,8H2,1H3;1-2,4,6H,3,8H2,(H,9,10). The highest BCUT2D eigenvalue weighted by atomic mass is 32.1. The van der Waals surface area contributed by atoms with Crippen LogP contribution in [0, 0.1) is 0 Å². The number of hydrogen-bond donors (Lipinski definition) is 2. The van der Waals surface area contributed by atoms with Crippen molar-refractivity contribution in [3.8, 4) is 0 Å². The number of ether oxygens (including phenoxy) is 1. The Morgan fingerprint density at radius 3 is 1.88 bits per heavy atom. The van der Waals surface area contributed by atoms with E-state index < -0.39 is 23.8 Å². The Morgan fingerprint density at radius 2 is 1.48 bits per heavy atom. The molecule has 10 heteroatoms. The number of carbonyl (C=O) groups is 4. The van der Waals surface area contributed by atoms with Gasteiger partial charge in [-0.3, -0.25) is 24.1 Å². The molecular weight excluding hydrogens is 464 g/mol. The quantitative estimate of drug-likeness (QED) is 0.388. The first kappa shape index (κ1) is 24.3. The maximum atomic E-state index is 12.4. The Labute approximate surface area is 198 Å². The molecule has 0 bridgehead atoms. The normalized spacial score (nSPS) is 14.2. The van der Waals surface area contributed by atoms with Gasteiger partial charge in [-0.1, -0.05) is 12.1 Å². The van der Waals surface area contributed by atoms with Crippen LogP contribution in [0.1, 0.15) is 43.7 Å². The van der Waals surface area contributed by atoms with Gasteiger partial charge in [0.15, 0.2) is 0 Å². The minimum absolute atomic E-state index is 0.0181. The van der Waals surface area contributed by atoms with E-state index in [1.807, 2.05) is 21.5 Å². The maximum Gasteiger partial charge on any atom is 0.315 e. The van der Waals surface area contributed by atoms with Gasteiger partial charge in [-0.25, -0.2) is 0 Å². The van der Waals surface area contributed by atoms with E-state index in [1.54, 1.807) is 36.4 Å². The molecule has 3 heterocycles. The number of nitrogens with two attached hydrogens (primary N) is 1. The molecule has 2 atom stereocenters. The number of rotatable bonds is 7. The van der Waals surface area contributed by atoms with Gasteiger partial charge < -0.3 is 15.6 Å². The fourth-order valence-electron chi connectivity index (χ4n) is 3.37. The van der Waals surface area contributed by atoms with E-state index in [4.69, 9.17) is 15.6 Å². The molecule has 0 saturated heterocycles. The fourth-order valence-corrected chi connectivity index (χ4v) is 4.80. The summed E-state index contributed by atoms with van der Waals surface area (Å²) in [6.45, 7) is 0.141. The first-order valence-corrected chi connectivity index (χ1v) is 11.8. The number of thiophene rings is 2. The van der Waals surface area contributed by atoms with Crippen LogP contribution in [0.4, 0.5) is 0 Å². The lowest BCUT2D eigenvalue weighted by Gasteiger charge is -2.20. The van der Waals surface area contributed by atoms with E-state index in [2.05, 4.69) is 0 Å². The number of methoxy groups -OCH3 is 1. The molecular formula is C23H22N2O6S2. The summed E-state index contributed by atoms with van der Waals surface area (Å²) in [6, 6.07) is 10.2. The second-order valence-electron chi connectivity index (χ2n) is 7.08. The molecule has 0 radical (unpaired) electrons. The fraction of sp³-hybridized carbons (Fsp3) is 0.217. The number of benzene rings is 1. The van der Waals surface area contributed by atoms with Gasteiger partial charge in [-0.15, -0.1) is 0 Å². The lowest BCUT2D eigenvalue weighted by molar-refractivity contribution is -0.142. The number of nitrogens with zero attached hydrogens (tertiary/aromatic N) is 1. The Balaban J connectivity index is 0.000000235. The van der Waals surface area contributed by atoms with Crippen molar-refractivity contribution in [3.05, 3.63) is 80.2 Å². The molecule has 2 aromatic heterocycles. The molecule has 8 nitrogen and oxygen atoms in total. The number of aliphatic carboxylic acids is 1. The highest BCUT2D eigenvalue weighted by Gasteiger charge is 2.38. The van der Waals surface area contributed by atoms with Crippen LogP contribution in [0.3, 0.4) is 0 Å². The Kier molecular flexibility index (Phi) is 8.10. The van der Waals surface area contributed by atoms with Crippen molar-refractivity contribution in [2.45, 2.75) is 11.8 Å². The van der Waals surface area contributed by atoms with E-state index in [1.165, 1.54) is 29.8 Å². The topological polar surface area (TPSA) is 127 Å². The molecule has 4 rings (SSSR count). The largest absolute Gasteiger partial charge is 0.481 e. The zero-order chi connectivity index (χ0) is 24.0. The van der Waals surface area contributed by atoms with Crippen molar-refractivity contribution in [3.63, 3.8) is 0 Å². The Morgan fingerprint density at radius 1 is 0.970 bits per heavy atom. The van der Waals surface area contributed by atoms with Gasteiger partial charge in [0.1, 0.15) is 5.92 Å². The van der Waals surface area contributed by atoms with Crippen LogP contribution in [-0.2, 0) is 14.3 Å². The minimum atomic E-state index is -0.856. The predicted molar refractivity (Wildman–Crippen MR) is 125 cm³/mol. The third-order valence-electron chi connectivity index (χ3n) is 5.15. The summed E-state index contributed by atoms with van der Waals surface area (Å²) >= 11 is 2.93. The van der Waals surface area contributed by atoms with E-state index in [9.17, 15) is 19.2 Å². The van der Waals surface area contributed by atoms with Crippen molar-refractivity contribution < 1.29 is 29.0 Å². The second-order valence-corrected chi connectivity index (χ2v) is 8.64. The zero-order valence-electron chi connectivity index (χ0n) is 17.7. The molecule has 33 heavy (non-hydrogen) atoms. The van der Waals surface area contributed by atoms with Crippen LogP contribution in [0.2, 0.25) is 0 Å². The van der Waals surface area contributed by atoms with Crippen LogP contribution in [0.25, 0.3) is 0 Å². The highest BCUT2D eigenvalue weighted by molar-refractivity contribution is 7.08. The summed E-state index contributed by atoms with van der Waals surface area (Å²) in [4.78, 5) is 48.4. The number of hydrogen-bond acceptors (Lipinski definition) is 8. The third kappa shape index (κ3) is 5.36. The summed E-state index contributed by atoms with van der Waals surface area (Å²) in [7, 11) is 1.30. The average Bonchev–Trinajstić information content (AvgIpc) is 3.57. The highest BCUT2D eigenvalue weighted by Crippen LogP contribution is 2.27. The molecule has 2 unspecified atom stereocenters. The summed E-state index contributed by atoms with van der Waals surface area (Å²) in [5.41, 5.74) is 7.58. The minimum Gasteiger partial charge on any atom is -0.481 e. The van der Waals surface area contributed by atoms with Crippen molar-refractivity contribution in [2.24, 2.45) is 5.73 Å². The first-order chi connectivity index (χ1) is 15.9. The van der Waals surface area contributed by atoms with Crippen molar-refractivity contribution in [1.82, 2.24) is 4.90 Å². The SMILES string of the molecule is COC(=O)C(CN1C(=O)c2ccccc2C1=O)c1ccsc1.NCC(C(=O)O)c1ccsc1. The van der Waals surface area contributed by atoms with E-state index in [0.717, 1.165) is 16.0 Å². The molecule has 1 aliphatic rings. The Bertz CT molecular complexity index is 1090. The van der Waals surface area contributed by atoms with E-state index in [0.29, 0.717) is 11.1 Å². The van der Waals surface area contributed by atoms with Crippen molar-refractivity contribution >= 4 is 46.4 Å². The lowest BCUT2D eigenvalue weighted by atomic mass is 10.0. The molecule has 1 aromatic carbocycles. The van der Waals surface area contributed by atoms with Gasteiger partial charge in [-0.05, 0) is 56.9 Å². The summed E-state index contributed by atoms with van der Waals surface area (Å²) in [5, 5.41) is 16.0. The number of carbonyl (C=O) groups excluding carboxylic acids is 3. The zero-order valence-corrected chi connectivity index (χ0v) is 19.3. The van der Waals surface area contributed by atoms with Gasteiger partial charge in [0, 0.05) is 13.1 Å². The summed E-state index contributed by atoms with van der Waals surface area (Å²) < 4.78 is 4.81. The Hall–Kier alpha value is -3.34. The molecule has 1 aliphatic heterocycles. The van der Waals surface area contributed by atoms with Crippen molar-refractivity contribution in [1.29, 1.82) is 0 Å². The molecule has 2 amide bonds.